The van der Waals surface area contributed by atoms with Gasteiger partial charge in [-0.25, -0.2) is 4.98 Å². The van der Waals surface area contributed by atoms with E-state index in [-0.39, 0.29) is 0 Å². The first-order valence-electron chi connectivity index (χ1n) is 4.29. The molecule has 15 heavy (non-hydrogen) atoms. The maximum atomic E-state index is 5.77. The minimum absolute atomic E-state index is 0.426. The number of rotatable bonds is 2. The van der Waals surface area contributed by atoms with Crippen molar-refractivity contribution in [2.45, 2.75) is 0 Å². The molecule has 0 unspecified atom stereocenters. The van der Waals surface area contributed by atoms with Gasteiger partial charge in [0.25, 0.3) is 0 Å². The van der Waals surface area contributed by atoms with Crippen LogP contribution in [0.1, 0.15) is 0 Å². The molecule has 2 nitrogen and oxygen atoms in total. The van der Waals surface area contributed by atoms with Gasteiger partial charge in [-0.1, -0.05) is 29.8 Å². The lowest BCUT2D eigenvalue weighted by Crippen LogP contribution is -1.85. The molecule has 2 rings (SSSR count). The van der Waals surface area contributed by atoms with E-state index in [9.17, 15) is 0 Å². The van der Waals surface area contributed by atoms with Gasteiger partial charge in [0, 0.05) is 0 Å². The summed E-state index contributed by atoms with van der Waals surface area (Å²) >= 11 is 9.06. The van der Waals surface area contributed by atoms with Crippen molar-refractivity contribution in [2.24, 2.45) is 0 Å². The summed E-state index contributed by atoms with van der Waals surface area (Å²) in [6.07, 6.45) is 1.58. The van der Waals surface area contributed by atoms with Crippen molar-refractivity contribution in [3.8, 4) is 11.5 Å². The van der Waals surface area contributed by atoms with Crippen molar-refractivity contribution >= 4 is 27.5 Å². The van der Waals surface area contributed by atoms with Crippen molar-refractivity contribution in [2.75, 3.05) is 0 Å². The molecule has 76 valence electrons. The Balaban J connectivity index is 2.22. The van der Waals surface area contributed by atoms with Crippen LogP contribution in [-0.4, -0.2) is 4.98 Å². The second-order valence-corrected chi connectivity index (χ2v) is 4.07. The van der Waals surface area contributed by atoms with Gasteiger partial charge in [-0.15, -0.1) is 0 Å². The molecule has 4 heteroatoms. The molecule has 1 aromatic carbocycles. The van der Waals surface area contributed by atoms with E-state index in [0.717, 1.165) is 10.2 Å². The predicted molar refractivity (Wildman–Crippen MR) is 63.5 cm³/mol. The minimum Gasteiger partial charge on any atom is -0.456 e. The molecule has 0 aliphatic carbocycles. The standard InChI is InChI=1S/C11H7BrClNO/c12-10-6-9(7-14-11(10)13)15-8-4-2-1-3-5-8/h1-7H. The van der Waals surface area contributed by atoms with Crippen LogP contribution < -0.4 is 4.74 Å². The number of para-hydroxylation sites is 1. The Morgan fingerprint density at radius 2 is 1.87 bits per heavy atom. The molecule has 0 saturated carbocycles. The number of hydrogen-bond acceptors (Lipinski definition) is 2. The molecule has 2 aromatic rings. The molecular weight excluding hydrogens is 277 g/mol. The summed E-state index contributed by atoms with van der Waals surface area (Å²) in [4.78, 5) is 3.97. The van der Waals surface area contributed by atoms with Crippen molar-refractivity contribution < 1.29 is 4.74 Å². The van der Waals surface area contributed by atoms with Crippen LogP contribution in [0, 0.1) is 0 Å². The fraction of sp³-hybridized carbons (Fsp3) is 0. The van der Waals surface area contributed by atoms with E-state index < -0.39 is 0 Å². The first-order valence-corrected chi connectivity index (χ1v) is 5.47. The van der Waals surface area contributed by atoms with Gasteiger partial charge in [0.05, 0.1) is 10.7 Å². The number of pyridine rings is 1. The third-order valence-electron chi connectivity index (χ3n) is 1.75. The van der Waals surface area contributed by atoms with Gasteiger partial charge in [-0.2, -0.15) is 0 Å². The number of hydrogen-bond donors (Lipinski definition) is 0. The third-order valence-corrected chi connectivity index (χ3v) is 2.88. The summed E-state index contributed by atoms with van der Waals surface area (Å²) in [5, 5.41) is 0.426. The molecule has 0 spiro atoms. The van der Waals surface area contributed by atoms with Crippen LogP contribution in [0.2, 0.25) is 5.15 Å². The Morgan fingerprint density at radius 3 is 2.53 bits per heavy atom. The van der Waals surface area contributed by atoms with Gasteiger partial charge >= 0.3 is 0 Å². The van der Waals surface area contributed by atoms with E-state index in [1.807, 2.05) is 30.3 Å². The van der Waals surface area contributed by atoms with Crippen molar-refractivity contribution in [3.63, 3.8) is 0 Å². The van der Waals surface area contributed by atoms with Gasteiger partial charge < -0.3 is 4.74 Å². The molecule has 0 amide bonds. The topological polar surface area (TPSA) is 22.1 Å². The summed E-state index contributed by atoms with van der Waals surface area (Å²) in [5.41, 5.74) is 0. The van der Waals surface area contributed by atoms with Gasteiger partial charge in [0.2, 0.25) is 0 Å². The van der Waals surface area contributed by atoms with Crippen LogP contribution in [0.4, 0.5) is 0 Å². The summed E-state index contributed by atoms with van der Waals surface area (Å²) in [7, 11) is 0. The Morgan fingerprint density at radius 1 is 1.13 bits per heavy atom. The highest BCUT2D eigenvalue weighted by molar-refractivity contribution is 9.10. The van der Waals surface area contributed by atoms with Crippen LogP contribution in [0.25, 0.3) is 0 Å². The molecule has 0 N–H and O–H groups in total. The van der Waals surface area contributed by atoms with Gasteiger partial charge in [0.15, 0.2) is 0 Å². The third kappa shape index (κ3) is 2.70. The zero-order valence-corrected chi connectivity index (χ0v) is 9.99. The molecule has 1 heterocycles. The quantitative estimate of drug-likeness (QED) is 0.768. The zero-order valence-electron chi connectivity index (χ0n) is 7.65. The maximum absolute atomic E-state index is 5.77. The first kappa shape index (κ1) is 10.5. The molecule has 0 atom stereocenters. The SMILES string of the molecule is Clc1ncc(Oc2ccccc2)cc1Br. The lowest BCUT2D eigenvalue weighted by molar-refractivity contribution is 0.480. The van der Waals surface area contributed by atoms with Gasteiger partial charge in [0.1, 0.15) is 16.7 Å². The van der Waals surface area contributed by atoms with E-state index in [0.29, 0.717) is 10.9 Å². The summed E-state index contributed by atoms with van der Waals surface area (Å²) < 4.78 is 6.28. The Labute approximate surface area is 101 Å². The highest BCUT2D eigenvalue weighted by atomic mass is 79.9. The van der Waals surface area contributed by atoms with E-state index in [1.54, 1.807) is 12.3 Å². The smallest absolute Gasteiger partial charge is 0.146 e. The first-order chi connectivity index (χ1) is 7.25. The molecule has 0 radical (unpaired) electrons. The van der Waals surface area contributed by atoms with Crippen LogP contribution in [0.3, 0.4) is 0 Å². The Hall–Kier alpha value is -1.06. The van der Waals surface area contributed by atoms with Crippen LogP contribution >= 0.6 is 27.5 Å². The molecule has 1 aromatic heterocycles. The van der Waals surface area contributed by atoms with Gasteiger partial charge in [-0.3, -0.25) is 0 Å². The van der Waals surface area contributed by atoms with E-state index >= 15 is 0 Å². The van der Waals surface area contributed by atoms with E-state index in [2.05, 4.69) is 20.9 Å². The number of halogens is 2. The van der Waals surface area contributed by atoms with Crippen molar-refractivity contribution in [1.82, 2.24) is 4.98 Å². The monoisotopic (exact) mass is 283 g/mol. The fourth-order valence-corrected chi connectivity index (χ4v) is 1.52. The van der Waals surface area contributed by atoms with Crippen molar-refractivity contribution in [1.29, 1.82) is 0 Å². The summed E-state index contributed by atoms with van der Waals surface area (Å²) in [6.45, 7) is 0. The Kier molecular flexibility index (Phi) is 3.23. The average Bonchev–Trinajstić information content (AvgIpc) is 2.25. The largest absolute Gasteiger partial charge is 0.456 e. The van der Waals surface area contributed by atoms with Crippen LogP contribution in [0.15, 0.2) is 47.1 Å². The average molecular weight is 285 g/mol. The summed E-state index contributed by atoms with van der Waals surface area (Å²) in [6, 6.07) is 11.3. The second kappa shape index (κ2) is 4.64. The zero-order chi connectivity index (χ0) is 10.7. The molecule has 0 bridgehead atoms. The second-order valence-electron chi connectivity index (χ2n) is 2.86. The lowest BCUT2D eigenvalue weighted by Gasteiger charge is -2.05. The minimum atomic E-state index is 0.426. The maximum Gasteiger partial charge on any atom is 0.146 e. The van der Waals surface area contributed by atoms with E-state index in [1.165, 1.54) is 0 Å². The molecular formula is C11H7BrClNO. The molecule has 0 aliphatic rings. The lowest BCUT2D eigenvalue weighted by atomic mass is 10.3. The Bertz CT molecular complexity index is 461. The van der Waals surface area contributed by atoms with Crippen LogP contribution in [-0.2, 0) is 0 Å². The molecule has 0 saturated heterocycles. The number of aromatic nitrogens is 1. The highest BCUT2D eigenvalue weighted by Gasteiger charge is 2.01. The fourth-order valence-electron chi connectivity index (χ4n) is 1.08. The van der Waals surface area contributed by atoms with Gasteiger partial charge in [-0.05, 0) is 34.1 Å². The van der Waals surface area contributed by atoms with Crippen molar-refractivity contribution in [3.05, 3.63) is 52.2 Å². The van der Waals surface area contributed by atoms with E-state index in [4.69, 9.17) is 16.3 Å². The highest BCUT2D eigenvalue weighted by Crippen LogP contribution is 2.27. The normalized spacial score (nSPS) is 10.0. The van der Waals surface area contributed by atoms with Crippen LogP contribution in [0.5, 0.6) is 11.5 Å². The molecule has 0 aliphatic heterocycles. The number of nitrogens with zero attached hydrogens (tertiary/aromatic N) is 1. The number of ether oxygens (including phenoxy) is 1. The number of benzene rings is 1. The predicted octanol–water partition coefficient (Wildman–Crippen LogP) is 4.29. The summed E-state index contributed by atoms with van der Waals surface area (Å²) in [5.74, 6) is 1.42. The molecule has 0 fully saturated rings.